The SMILES string of the molecule is C=Cc1ccc(OCC(C)(C)COC2CCCCC2)cc1. The van der Waals surface area contributed by atoms with Crippen LogP contribution in [0.15, 0.2) is 30.8 Å². The van der Waals surface area contributed by atoms with Crippen LogP contribution in [-0.4, -0.2) is 19.3 Å². The van der Waals surface area contributed by atoms with E-state index < -0.39 is 0 Å². The molecule has 1 aromatic rings. The molecule has 0 spiro atoms. The Balaban J connectivity index is 1.75. The van der Waals surface area contributed by atoms with Crippen LogP contribution < -0.4 is 4.74 Å². The van der Waals surface area contributed by atoms with Crippen LogP contribution in [0.2, 0.25) is 0 Å². The molecule has 1 aliphatic carbocycles. The zero-order valence-electron chi connectivity index (χ0n) is 13.4. The second-order valence-corrected chi connectivity index (χ2v) is 6.80. The van der Waals surface area contributed by atoms with Gasteiger partial charge in [-0.05, 0) is 30.5 Å². The molecule has 0 aromatic heterocycles. The van der Waals surface area contributed by atoms with Crippen LogP contribution in [0.5, 0.6) is 5.75 Å². The van der Waals surface area contributed by atoms with Gasteiger partial charge in [0.15, 0.2) is 0 Å². The molecule has 0 bridgehead atoms. The summed E-state index contributed by atoms with van der Waals surface area (Å²) in [5.74, 6) is 0.909. The lowest BCUT2D eigenvalue weighted by molar-refractivity contribution is -0.0277. The highest BCUT2D eigenvalue weighted by molar-refractivity contribution is 5.48. The van der Waals surface area contributed by atoms with E-state index in [4.69, 9.17) is 9.47 Å². The van der Waals surface area contributed by atoms with Crippen LogP contribution in [0, 0.1) is 5.41 Å². The Bertz CT molecular complexity index is 427. The van der Waals surface area contributed by atoms with E-state index >= 15 is 0 Å². The van der Waals surface area contributed by atoms with Gasteiger partial charge in [-0.2, -0.15) is 0 Å². The highest BCUT2D eigenvalue weighted by Crippen LogP contribution is 2.25. The van der Waals surface area contributed by atoms with Crippen molar-refractivity contribution in [2.45, 2.75) is 52.1 Å². The summed E-state index contributed by atoms with van der Waals surface area (Å²) >= 11 is 0. The fourth-order valence-electron chi connectivity index (χ4n) is 2.60. The lowest BCUT2D eigenvalue weighted by Gasteiger charge is -2.29. The van der Waals surface area contributed by atoms with E-state index in [0.717, 1.165) is 17.9 Å². The Morgan fingerprint density at radius 1 is 1.10 bits per heavy atom. The van der Waals surface area contributed by atoms with E-state index in [2.05, 4.69) is 20.4 Å². The van der Waals surface area contributed by atoms with Crippen LogP contribution in [0.4, 0.5) is 0 Å². The molecular formula is C19H28O2. The van der Waals surface area contributed by atoms with Gasteiger partial charge in [0.2, 0.25) is 0 Å². The third-order valence-electron chi connectivity index (χ3n) is 4.01. The number of ether oxygens (including phenoxy) is 2. The highest BCUT2D eigenvalue weighted by Gasteiger charge is 2.23. The molecule has 1 aromatic carbocycles. The molecule has 116 valence electrons. The Hall–Kier alpha value is -1.28. The molecule has 0 heterocycles. The van der Waals surface area contributed by atoms with E-state index in [0.29, 0.717) is 12.7 Å². The normalized spacial score (nSPS) is 16.7. The molecule has 2 heteroatoms. The van der Waals surface area contributed by atoms with Crippen LogP contribution in [-0.2, 0) is 4.74 Å². The average Bonchev–Trinajstić information content (AvgIpc) is 2.53. The first-order valence-electron chi connectivity index (χ1n) is 8.06. The van der Waals surface area contributed by atoms with Gasteiger partial charge < -0.3 is 9.47 Å². The van der Waals surface area contributed by atoms with E-state index in [1.807, 2.05) is 30.3 Å². The third kappa shape index (κ3) is 5.55. The van der Waals surface area contributed by atoms with Crippen LogP contribution in [0.3, 0.4) is 0 Å². The molecule has 0 saturated heterocycles. The summed E-state index contributed by atoms with van der Waals surface area (Å²) in [5, 5.41) is 0. The molecule has 0 amide bonds. The summed E-state index contributed by atoms with van der Waals surface area (Å²) in [5.41, 5.74) is 1.15. The predicted octanol–water partition coefficient (Wildman–Crippen LogP) is 5.08. The van der Waals surface area contributed by atoms with E-state index in [9.17, 15) is 0 Å². The molecular weight excluding hydrogens is 260 g/mol. The summed E-state index contributed by atoms with van der Waals surface area (Å²) < 4.78 is 12.0. The second-order valence-electron chi connectivity index (χ2n) is 6.80. The summed E-state index contributed by atoms with van der Waals surface area (Å²) in [6, 6.07) is 8.03. The summed E-state index contributed by atoms with van der Waals surface area (Å²) in [7, 11) is 0. The maximum Gasteiger partial charge on any atom is 0.119 e. The van der Waals surface area contributed by atoms with E-state index in [-0.39, 0.29) is 5.41 Å². The second kappa shape index (κ2) is 7.65. The summed E-state index contributed by atoms with van der Waals surface area (Å²) in [6.07, 6.45) is 8.75. The predicted molar refractivity (Wildman–Crippen MR) is 88.6 cm³/mol. The number of benzene rings is 1. The maximum absolute atomic E-state index is 6.08. The first kappa shape index (κ1) is 16.1. The van der Waals surface area contributed by atoms with Crippen molar-refractivity contribution in [1.29, 1.82) is 0 Å². The van der Waals surface area contributed by atoms with Crippen molar-refractivity contribution in [1.82, 2.24) is 0 Å². The quantitative estimate of drug-likeness (QED) is 0.696. The molecule has 0 atom stereocenters. The minimum Gasteiger partial charge on any atom is -0.493 e. The van der Waals surface area contributed by atoms with Gasteiger partial charge in [-0.25, -0.2) is 0 Å². The van der Waals surface area contributed by atoms with Crippen LogP contribution in [0.25, 0.3) is 6.08 Å². The van der Waals surface area contributed by atoms with Gasteiger partial charge in [0, 0.05) is 5.41 Å². The topological polar surface area (TPSA) is 18.5 Å². The average molecular weight is 288 g/mol. The minimum atomic E-state index is 0.0363. The van der Waals surface area contributed by atoms with Gasteiger partial charge in [0.05, 0.1) is 19.3 Å². The van der Waals surface area contributed by atoms with Crippen molar-refractivity contribution in [3.05, 3.63) is 36.4 Å². The monoisotopic (exact) mass is 288 g/mol. The third-order valence-corrected chi connectivity index (χ3v) is 4.01. The summed E-state index contributed by atoms with van der Waals surface area (Å²) in [6.45, 7) is 9.60. The van der Waals surface area contributed by atoms with Gasteiger partial charge in [0.25, 0.3) is 0 Å². The van der Waals surface area contributed by atoms with E-state index in [1.165, 1.54) is 32.1 Å². The molecule has 0 radical (unpaired) electrons. The number of hydrogen-bond donors (Lipinski definition) is 0. The van der Waals surface area contributed by atoms with Gasteiger partial charge in [-0.1, -0.05) is 57.9 Å². The number of hydrogen-bond acceptors (Lipinski definition) is 2. The smallest absolute Gasteiger partial charge is 0.119 e. The van der Waals surface area contributed by atoms with Gasteiger partial charge in [-0.15, -0.1) is 0 Å². The fraction of sp³-hybridized carbons (Fsp3) is 0.579. The molecule has 2 nitrogen and oxygen atoms in total. The molecule has 0 aliphatic heterocycles. The lowest BCUT2D eigenvalue weighted by Crippen LogP contribution is -2.30. The minimum absolute atomic E-state index is 0.0363. The zero-order valence-corrected chi connectivity index (χ0v) is 13.4. The van der Waals surface area contributed by atoms with Crippen molar-refractivity contribution in [3.63, 3.8) is 0 Å². The van der Waals surface area contributed by atoms with Crippen LogP contribution >= 0.6 is 0 Å². The van der Waals surface area contributed by atoms with Gasteiger partial charge in [-0.3, -0.25) is 0 Å². The van der Waals surface area contributed by atoms with Gasteiger partial charge >= 0.3 is 0 Å². The highest BCUT2D eigenvalue weighted by atomic mass is 16.5. The molecule has 1 aliphatic rings. The molecule has 0 unspecified atom stereocenters. The Morgan fingerprint density at radius 3 is 2.38 bits per heavy atom. The van der Waals surface area contributed by atoms with E-state index in [1.54, 1.807) is 0 Å². The Morgan fingerprint density at radius 2 is 1.76 bits per heavy atom. The number of rotatable bonds is 7. The Labute approximate surface area is 129 Å². The maximum atomic E-state index is 6.08. The van der Waals surface area contributed by atoms with Gasteiger partial charge in [0.1, 0.15) is 5.75 Å². The largest absolute Gasteiger partial charge is 0.493 e. The molecule has 2 rings (SSSR count). The van der Waals surface area contributed by atoms with Crippen molar-refractivity contribution in [3.8, 4) is 5.75 Å². The molecule has 1 fully saturated rings. The lowest BCUT2D eigenvalue weighted by atomic mass is 9.94. The standard InChI is InChI=1S/C19H28O2/c1-4-16-10-12-18(13-11-16)21-15-19(2,3)14-20-17-8-6-5-7-9-17/h4,10-13,17H,1,5-9,14-15H2,2-3H3. The molecule has 0 N–H and O–H groups in total. The Kier molecular flexibility index (Phi) is 5.86. The first-order valence-corrected chi connectivity index (χ1v) is 8.06. The summed E-state index contributed by atoms with van der Waals surface area (Å²) in [4.78, 5) is 0. The van der Waals surface area contributed by atoms with Crippen molar-refractivity contribution in [2.75, 3.05) is 13.2 Å². The zero-order chi connectivity index (χ0) is 15.1. The molecule has 1 saturated carbocycles. The van der Waals surface area contributed by atoms with Crippen molar-refractivity contribution in [2.24, 2.45) is 5.41 Å². The van der Waals surface area contributed by atoms with Crippen LogP contribution in [0.1, 0.15) is 51.5 Å². The first-order chi connectivity index (χ1) is 10.1. The molecule has 21 heavy (non-hydrogen) atoms. The van der Waals surface area contributed by atoms with Crippen molar-refractivity contribution < 1.29 is 9.47 Å². The fourth-order valence-corrected chi connectivity index (χ4v) is 2.60. The van der Waals surface area contributed by atoms with Crippen molar-refractivity contribution >= 4 is 6.08 Å².